The molecule has 3 aromatic carbocycles. The molecule has 116 valence electrons. The highest BCUT2D eigenvalue weighted by Gasteiger charge is 2.20. The van der Waals surface area contributed by atoms with Gasteiger partial charge in [0.15, 0.2) is 0 Å². The quantitative estimate of drug-likeness (QED) is 0.498. The van der Waals surface area contributed by atoms with E-state index in [0.717, 1.165) is 12.1 Å². The first kappa shape index (κ1) is 14.6. The molecule has 0 atom stereocenters. The molecule has 0 radical (unpaired) electrons. The first-order valence-corrected chi connectivity index (χ1v) is 6.84. The third kappa shape index (κ3) is 2.60. The van der Waals surface area contributed by atoms with Crippen molar-refractivity contribution in [3.8, 4) is 51.0 Å². The average molecular weight is 310 g/mol. The molecule has 0 saturated carbocycles. The van der Waals surface area contributed by atoms with Crippen LogP contribution in [-0.2, 0) is 0 Å². The minimum absolute atomic E-state index is 0.00727. The largest absolute Gasteiger partial charge is 0.508 e. The number of benzene rings is 3. The van der Waals surface area contributed by atoms with Gasteiger partial charge in [0.25, 0.3) is 0 Å². The number of rotatable bonds is 2. The van der Waals surface area contributed by atoms with Crippen molar-refractivity contribution in [3.63, 3.8) is 0 Å². The highest BCUT2D eigenvalue weighted by Crippen LogP contribution is 2.48. The molecule has 0 fully saturated rings. The standard InChI is InChI=1S/C18H14O5/c19-11-6-13(18-15(22)8-12(20)9-16(18)23)17(14(21)7-11)10-4-2-1-3-5-10/h1-9,19-23H. The summed E-state index contributed by atoms with van der Waals surface area (Å²) in [6.45, 7) is 0. The Bertz CT molecular complexity index is 849. The monoisotopic (exact) mass is 310 g/mol. The fourth-order valence-electron chi connectivity index (χ4n) is 2.59. The van der Waals surface area contributed by atoms with E-state index in [1.54, 1.807) is 24.3 Å². The van der Waals surface area contributed by atoms with Crippen LogP contribution in [0.15, 0.2) is 54.6 Å². The summed E-state index contributed by atoms with van der Waals surface area (Å²) in [5, 5.41) is 49.7. The highest BCUT2D eigenvalue weighted by molar-refractivity contribution is 5.92. The van der Waals surface area contributed by atoms with Crippen molar-refractivity contribution in [2.24, 2.45) is 0 Å². The lowest BCUT2D eigenvalue weighted by Gasteiger charge is -2.15. The lowest BCUT2D eigenvalue weighted by atomic mass is 9.92. The number of hydrogen-bond donors (Lipinski definition) is 5. The van der Waals surface area contributed by atoms with E-state index in [-0.39, 0.29) is 39.9 Å². The second-order valence-electron chi connectivity index (χ2n) is 5.11. The van der Waals surface area contributed by atoms with Gasteiger partial charge in [-0.05, 0) is 11.6 Å². The molecule has 0 aliphatic heterocycles. The fraction of sp³-hybridized carbons (Fsp3) is 0. The minimum Gasteiger partial charge on any atom is -0.508 e. The normalized spacial score (nSPS) is 10.6. The molecule has 0 aliphatic rings. The van der Waals surface area contributed by atoms with Gasteiger partial charge < -0.3 is 25.5 Å². The van der Waals surface area contributed by atoms with Gasteiger partial charge in [0.2, 0.25) is 0 Å². The SMILES string of the molecule is Oc1cc(O)c(-c2cc(O)cc(O)c2-c2ccccc2)c(O)c1. The second kappa shape index (κ2) is 5.46. The van der Waals surface area contributed by atoms with E-state index >= 15 is 0 Å². The van der Waals surface area contributed by atoms with E-state index in [9.17, 15) is 25.5 Å². The van der Waals surface area contributed by atoms with E-state index in [0.29, 0.717) is 11.1 Å². The van der Waals surface area contributed by atoms with Crippen LogP contribution in [0.5, 0.6) is 28.7 Å². The summed E-state index contributed by atoms with van der Waals surface area (Å²) in [7, 11) is 0. The Hall–Kier alpha value is -3.34. The zero-order valence-corrected chi connectivity index (χ0v) is 11.9. The third-order valence-corrected chi connectivity index (χ3v) is 3.52. The van der Waals surface area contributed by atoms with Gasteiger partial charge in [-0.1, -0.05) is 30.3 Å². The van der Waals surface area contributed by atoms with Crippen LogP contribution in [-0.4, -0.2) is 25.5 Å². The summed E-state index contributed by atoms with van der Waals surface area (Å²) in [4.78, 5) is 0. The van der Waals surface area contributed by atoms with E-state index < -0.39 is 0 Å². The first-order chi connectivity index (χ1) is 11.0. The van der Waals surface area contributed by atoms with Gasteiger partial charge in [-0.15, -0.1) is 0 Å². The van der Waals surface area contributed by atoms with Crippen LogP contribution in [0.25, 0.3) is 22.3 Å². The molecule has 0 bridgehead atoms. The van der Waals surface area contributed by atoms with Crippen molar-refractivity contribution in [1.29, 1.82) is 0 Å². The van der Waals surface area contributed by atoms with Gasteiger partial charge in [-0.3, -0.25) is 0 Å². The predicted molar refractivity (Wildman–Crippen MR) is 85.6 cm³/mol. The molecule has 3 rings (SSSR count). The predicted octanol–water partition coefficient (Wildman–Crippen LogP) is 3.55. The summed E-state index contributed by atoms with van der Waals surface area (Å²) in [5.41, 5.74) is 1.24. The highest BCUT2D eigenvalue weighted by atomic mass is 16.3. The summed E-state index contributed by atoms with van der Waals surface area (Å²) in [6, 6.07) is 13.5. The summed E-state index contributed by atoms with van der Waals surface area (Å²) < 4.78 is 0. The van der Waals surface area contributed by atoms with E-state index in [1.807, 2.05) is 6.07 Å². The maximum Gasteiger partial charge on any atom is 0.130 e. The number of phenols is 5. The van der Waals surface area contributed by atoms with E-state index in [2.05, 4.69) is 0 Å². The molecule has 23 heavy (non-hydrogen) atoms. The second-order valence-corrected chi connectivity index (χ2v) is 5.11. The molecule has 0 unspecified atom stereocenters. The van der Waals surface area contributed by atoms with Crippen molar-refractivity contribution in [2.45, 2.75) is 0 Å². The molecule has 5 heteroatoms. The molecular formula is C18H14O5. The van der Waals surface area contributed by atoms with Gasteiger partial charge in [0.05, 0.1) is 5.56 Å². The molecule has 5 nitrogen and oxygen atoms in total. The zero-order valence-electron chi connectivity index (χ0n) is 11.9. The Balaban J connectivity index is 2.37. The Morgan fingerprint density at radius 2 is 1.00 bits per heavy atom. The number of aromatic hydroxyl groups is 5. The summed E-state index contributed by atoms with van der Waals surface area (Å²) in [5.74, 6) is -1.45. The molecule has 0 aliphatic carbocycles. The molecule has 3 aromatic rings. The third-order valence-electron chi connectivity index (χ3n) is 3.52. The van der Waals surface area contributed by atoms with E-state index in [1.165, 1.54) is 12.1 Å². The van der Waals surface area contributed by atoms with Crippen LogP contribution in [0.2, 0.25) is 0 Å². The number of phenolic OH excluding ortho intramolecular Hbond substituents is 5. The molecule has 0 saturated heterocycles. The smallest absolute Gasteiger partial charge is 0.130 e. The Labute approximate surface area is 132 Å². The van der Waals surface area contributed by atoms with Crippen LogP contribution in [0, 0.1) is 0 Å². The molecule has 0 heterocycles. The maximum atomic E-state index is 10.3. The van der Waals surface area contributed by atoms with Crippen LogP contribution in [0.4, 0.5) is 0 Å². The van der Waals surface area contributed by atoms with Crippen LogP contribution < -0.4 is 0 Å². The lowest BCUT2D eigenvalue weighted by molar-refractivity contribution is 0.430. The van der Waals surface area contributed by atoms with Crippen molar-refractivity contribution >= 4 is 0 Å². The van der Waals surface area contributed by atoms with Crippen molar-refractivity contribution in [2.75, 3.05) is 0 Å². The Kier molecular flexibility index (Phi) is 3.46. The van der Waals surface area contributed by atoms with Crippen LogP contribution in [0.3, 0.4) is 0 Å². The molecule has 0 aromatic heterocycles. The van der Waals surface area contributed by atoms with Crippen molar-refractivity contribution < 1.29 is 25.5 Å². The number of hydrogen-bond acceptors (Lipinski definition) is 5. The summed E-state index contributed by atoms with van der Waals surface area (Å²) >= 11 is 0. The van der Waals surface area contributed by atoms with Gasteiger partial charge in [-0.25, -0.2) is 0 Å². The van der Waals surface area contributed by atoms with Crippen LogP contribution >= 0.6 is 0 Å². The average Bonchev–Trinajstić information content (AvgIpc) is 2.46. The Morgan fingerprint density at radius 1 is 0.522 bits per heavy atom. The molecule has 5 N–H and O–H groups in total. The molecular weight excluding hydrogens is 296 g/mol. The maximum absolute atomic E-state index is 10.3. The molecule has 0 amide bonds. The summed E-state index contributed by atoms with van der Waals surface area (Å²) in [6.07, 6.45) is 0. The van der Waals surface area contributed by atoms with Crippen molar-refractivity contribution in [3.05, 3.63) is 54.6 Å². The Morgan fingerprint density at radius 3 is 1.57 bits per heavy atom. The van der Waals surface area contributed by atoms with Gasteiger partial charge in [0, 0.05) is 29.3 Å². The fourth-order valence-corrected chi connectivity index (χ4v) is 2.59. The minimum atomic E-state index is -0.371. The first-order valence-electron chi connectivity index (χ1n) is 6.84. The zero-order chi connectivity index (χ0) is 16.6. The molecule has 0 spiro atoms. The van der Waals surface area contributed by atoms with Gasteiger partial charge in [-0.2, -0.15) is 0 Å². The van der Waals surface area contributed by atoms with Gasteiger partial charge >= 0.3 is 0 Å². The van der Waals surface area contributed by atoms with Crippen LogP contribution in [0.1, 0.15) is 0 Å². The van der Waals surface area contributed by atoms with Gasteiger partial charge in [0.1, 0.15) is 28.7 Å². The topological polar surface area (TPSA) is 101 Å². The van der Waals surface area contributed by atoms with Crippen molar-refractivity contribution in [1.82, 2.24) is 0 Å². The van der Waals surface area contributed by atoms with E-state index in [4.69, 9.17) is 0 Å². The lowest BCUT2D eigenvalue weighted by Crippen LogP contribution is -1.88.